The molecule has 0 unspecified atom stereocenters. The van der Waals surface area contributed by atoms with Gasteiger partial charge in [-0.05, 0) is 12.1 Å². The Hall–Kier alpha value is -1.95. The van der Waals surface area contributed by atoms with Crippen LogP contribution in [-0.2, 0) is 9.59 Å². The van der Waals surface area contributed by atoms with Crippen LogP contribution >= 0.6 is 0 Å². The largest absolute Gasteiger partial charge is 0.382 e. The normalized spacial score (nSPS) is 11.8. The first kappa shape index (κ1) is 11.1. The highest BCUT2D eigenvalue weighted by molar-refractivity contribution is 6.00. The van der Waals surface area contributed by atoms with Crippen LogP contribution in [0.3, 0.4) is 0 Å². The van der Waals surface area contributed by atoms with Crippen molar-refractivity contribution in [3.63, 3.8) is 0 Å². The molecule has 4 N–H and O–H groups in total. The molecule has 15 heavy (non-hydrogen) atoms. The summed E-state index contributed by atoms with van der Waals surface area (Å²) in [5.41, 5.74) is 4.76. The molecule has 0 bridgehead atoms. The molecule has 1 heterocycles. The number of nitrogens with one attached hydrogen (secondary N) is 1. The minimum absolute atomic E-state index is 0.329. The summed E-state index contributed by atoms with van der Waals surface area (Å²) in [5.74, 6) is -1.29. The summed E-state index contributed by atoms with van der Waals surface area (Å²) < 4.78 is 0. The van der Waals surface area contributed by atoms with Crippen molar-refractivity contribution in [3.05, 3.63) is 30.8 Å². The van der Waals surface area contributed by atoms with Gasteiger partial charge in [0.2, 0.25) is 11.8 Å². The highest BCUT2D eigenvalue weighted by Gasteiger charge is 2.16. The van der Waals surface area contributed by atoms with Crippen LogP contribution in [0.2, 0.25) is 0 Å². The Morgan fingerprint density at radius 3 is 2.80 bits per heavy atom. The van der Waals surface area contributed by atoms with E-state index in [4.69, 9.17) is 10.8 Å². The van der Waals surface area contributed by atoms with Crippen molar-refractivity contribution >= 4 is 17.6 Å². The van der Waals surface area contributed by atoms with Gasteiger partial charge in [-0.25, -0.2) is 4.98 Å². The number of primary amides is 1. The summed E-state index contributed by atoms with van der Waals surface area (Å²) in [7, 11) is 0. The smallest absolute Gasteiger partial charge is 0.247 e. The second-order valence-electron chi connectivity index (χ2n) is 2.72. The molecule has 0 saturated heterocycles. The zero-order valence-corrected chi connectivity index (χ0v) is 7.75. The molecule has 1 rings (SSSR count). The summed E-state index contributed by atoms with van der Waals surface area (Å²) in [6.07, 6.45) is 0.686. The van der Waals surface area contributed by atoms with Crippen molar-refractivity contribution in [3.8, 4) is 0 Å². The second-order valence-corrected chi connectivity index (χ2v) is 2.72. The molecule has 0 aliphatic carbocycles. The fourth-order valence-corrected chi connectivity index (χ4v) is 0.830. The molecule has 0 aromatic carbocycles. The number of hydrogen-bond acceptors (Lipinski definition) is 4. The molecule has 0 aliphatic heterocycles. The molecule has 0 saturated carbocycles. The molecule has 6 heteroatoms. The topological polar surface area (TPSA) is 105 Å². The van der Waals surface area contributed by atoms with Gasteiger partial charge in [0.25, 0.3) is 0 Å². The fourth-order valence-electron chi connectivity index (χ4n) is 0.830. The van der Waals surface area contributed by atoms with Gasteiger partial charge in [-0.1, -0.05) is 6.07 Å². The number of nitrogens with zero attached hydrogens (tertiary/aromatic N) is 1. The van der Waals surface area contributed by atoms with E-state index in [1.54, 1.807) is 18.2 Å². The molecule has 1 radical (unpaired) electrons. The standard InChI is InChI=1S/C9H10N3O3/c10-9(15)6(13)5-8(14)12-7-3-1-2-4-11-7/h1-6,13H,(H2,10,15)(H,11,12,14)/t6-/m1/s1. The lowest BCUT2D eigenvalue weighted by Gasteiger charge is -2.06. The first-order valence-electron chi connectivity index (χ1n) is 4.14. The number of aromatic nitrogens is 1. The third-order valence-electron chi connectivity index (χ3n) is 1.52. The van der Waals surface area contributed by atoms with Crippen LogP contribution in [0.1, 0.15) is 0 Å². The average Bonchev–Trinajstić information content (AvgIpc) is 2.18. The number of nitrogens with two attached hydrogens (primary N) is 1. The summed E-state index contributed by atoms with van der Waals surface area (Å²) in [6, 6.07) is 4.95. The molecule has 2 amide bonds. The summed E-state index contributed by atoms with van der Waals surface area (Å²) in [5, 5.41) is 11.3. The number of hydrogen-bond donors (Lipinski definition) is 3. The SMILES string of the molecule is NC(=O)[C@H](O)[CH]C(=O)Nc1ccccn1. The highest BCUT2D eigenvalue weighted by atomic mass is 16.3. The van der Waals surface area contributed by atoms with E-state index in [9.17, 15) is 9.59 Å². The maximum atomic E-state index is 11.2. The number of aliphatic hydroxyl groups is 1. The minimum Gasteiger partial charge on any atom is -0.382 e. The number of carbonyl (C=O) groups is 2. The van der Waals surface area contributed by atoms with E-state index < -0.39 is 17.9 Å². The van der Waals surface area contributed by atoms with Gasteiger partial charge >= 0.3 is 0 Å². The maximum absolute atomic E-state index is 11.2. The molecule has 1 aromatic rings. The van der Waals surface area contributed by atoms with Gasteiger partial charge in [0.15, 0.2) is 0 Å². The van der Waals surface area contributed by atoms with E-state index in [1.807, 2.05) is 0 Å². The van der Waals surface area contributed by atoms with Crippen LogP contribution in [0.4, 0.5) is 5.82 Å². The van der Waals surface area contributed by atoms with E-state index in [1.165, 1.54) is 6.20 Å². The summed E-state index contributed by atoms with van der Waals surface area (Å²) >= 11 is 0. The number of anilines is 1. The second kappa shape index (κ2) is 5.06. The van der Waals surface area contributed by atoms with Crippen LogP contribution in [0.25, 0.3) is 0 Å². The van der Waals surface area contributed by atoms with Crippen molar-refractivity contribution in [2.75, 3.05) is 5.32 Å². The van der Waals surface area contributed by atoms with E-state index in [0.29, 0.717) is 5.82 Å². The number of rotatable bonds is 4. The molecule has 0 spiro atoms. The summed E-state index contributed by atoms with van der Waals surface area (Å²) in [4.78, 5) is 25.4. The maximum Gasteiger partial charge on any atom is 0.247 e. The Bertz CT molecular complexity index is 353. The Balaban J connectivity index is 2.47. The number of aliphatic hydroxyl groups excluding tert-OH is 1. The summed E-state index contributed by atoms with van der Waals surface area (Å²) in [6.45, 7) is 0. The Morgan fingerprint density at radius 2 is 2.27 bits per heavy atom. The van der Waals surface area contributed by atoms with Crippen molar-refractivity contribution in [1.82, 2.24) is 4.98 Å². The minimum atomic E-state index is -1.59. The zero-order valence-electron chi connectivity index (χ0n) is 7.75. The Labute approximate surface area is 86.1 Å². The van der Waals surface area contributed by atoms with Crippen molar-refractivity contribution < 1.29 is 14.7 Å². The molecule has 1 atom stereocenters. The lowest BCUT2D eigenvalue weighted by atomic mass is 10.2. The third-order valence-corrected chi connectivity index (χ3v) is 1.52. The highest BCUT2D eigenvalue weighted by Crippen LogP contribution is 2.01. The monoisotopic (exact) mass is 208 g/mol. The van der Waals surface area contributed by atoms with E-state index in [2.05, 4.69) is 10.3 Å². The van der Waals surface area contributed by atoms with Gasteiger partial charge in [-0.3, -0.25) is 9.59 Å². The Morgan fingerprint density at radius 1 is 1.53 bits per heavy atom. The predicted molar refractivity (Wildman–Crippen MR) is 52.4 cm³/mol. The van der Waals surface area contributed by atoms with Gasteiger partial charge in [0.1, 0.15) is 11.9 Å². The van der Waals surface area contributed by atoms with Crippen LogP contribution in [0.15, 0.2) is 24.4 Å². The van der Waals surface area contributed by atoms with Gasteiger partial charge in [0.05, 0.1) is 6.42 Å². The number of pyridine rings is 1. The van der Waals surface area contributed by atoms with Crippen LogP contribution in [-0.4, -0.2) is 28.0 Å². The Kier molecular flexibility index (Phi) is 3.75. The van der Waals surface area contributed by atoms with Crippen molar-refractivity contribution in [2.24, 2.45) is 5.73 Å². The van der Waals surface area contributed by atoms with Gasteiger partial charge < -0.3 is 16.2 Å². The van der Waals surface area contributed by atoms with Crippen LogP contribution in [0.5, 0.6) is 0 Å². The lowest BCUT2D eigenvalue weighted by Crippen LogP contribution is -2.33. The molecule has 79 valence electrons. The number of carbonyl (C=O) groups excluding carboxylic acids is 2. The molecular formula is C9H10N3O3. The number of amides is 2. The predicted octanol–water partition coefficient (Wildman–Crippen LogP) is -0.929. The average molecular weight is 208 g/mol. The molecule has 0 fully saturated rings. The third kappa shape index (κ3) is 3.74. The lowest BCUT2D eigenvalue weighted by molar-refractivity contribution is -0.126. The van der Waals surface area contributed by atoms with E-state index >= 15 is 0 Å². The van der Waals surface area contributed by atoms with Gasteiger partial charge in [0, 0.05) is 6.20 Å². The molecule has 1 aromatic heterocycles. The van der Waals surface area contributed by atoms with Crippen molar-refractivity contribution in [2.45, 2.75) is 6.10 Å². The van der Waals surface area contributed by atoms with Crippen LogP contribution in [0, 0.1) is 6.42 Å². The molecule has 6 nitrogen and oxygen atoms in total. The van der Waals surface area contributed by atoms with E-state index in [-0.39, 0.29) is 0 Å². The fraction of sp³-hybridized carbons (Fsp3) is 0.111. The zero-order chi connectivity index (χ0) is 11.3. The quantitative estimate of drug-likeness (QED) is 0.594. The van der Waals surface area contributed by atoms with Crippen LogP contribution < -0.4 is 11.1 Å². The van der Waals surface area contributed by atoms with E-state index in [0.717, 1.165) is 6.42 Å². The first-order valence-corrected chi connectivity index (χ1v) is 4.14. The van der Waals surface area contributed by atoms with Gasteiger partial charge in [-0.15, -0.1) is 0 Å². The first-order chi connectivity index (χ1) is 7.09. The molecular weight excluding hydrogens is 198 g/mol. The molecule has 0 aliphatic rings. The van der Waals surface area contributed by atoms with Crippen molar-refractivity contribution in [1.29, 1.82) is 0 Å². The van der Waals surface area contributed by atoms with Gasteiger partial charge in [-0.2, -0.15) is 0 Å².